The van der Waals surface area contributed by atoms with E-state index >= 15 is 0 Å². The molecule has 0 aromatic rings. The van der Waals surface area contributed by atoms with E-state index in [4.69, 9.17) is 32.5 Å². The molecule has 0 saturated heterocycles. The van der Waals surface area contributed by atoms with E-state index in [1.807, 2.05) is 0 Å². The van der Waals surface area contributed by atoms with Gasteiger partial charge in [-0.25, -0.2) is 0 Å². The van der Waals surface area contributed by atoms with E-state index < -0.39 is 36.0 Å². The lowest BCUT2D eigenvalue weighted by Gasteiger charge is -2.30. The Morgan fingerprint density at radius 3 is 2.03 bits per heavy atom. The molecule has 0 aromatic heterocycles. The molecular formula is C18H30N4O7. The minimum atomic E-state index is -1.20. The van der Waals surface area contributed by atoms with Crippen LogP contribution in [0, 0.1) is 0 Å². The Labute approximate surface area is 168 Å². The van der Waals surface area contributed by atoms with Crippen molar-refractivity contribution in [1.29, 1.82) is 0 Å². The van der Waals surface area contributed by atoms with Crippen molar-refractivity contribution in [3.8, 4) is 0 Å². The van der Waals surface area contributed by atoms with Gasteiger partial charge in [0.05, 0.1) is 0 Å². The van der Waals surface area contributed by atoms with Crippen LogP contribution in [0.5, 0.6) is 0 Å². The number of carboxylic acids is 3. The van der Waals surface area contributed by atoms with Gasteiger partial charge in [0.15, 0.2) is 0 Å². The van der Waals surface area contributed by atoms with Gasteiger partial charge in [0.1, 0.15) is 23.9 Å². The number of aliphatic carboxylic acids is 3. The van der Waals surface area contributed by atoms with Crippen LogP contribution >= 0.6 is 0 Å². The van der Waals surface area contributed by atoms with Gasteiger partial charge >= 0.3 is 17.9 Å². The maximum atomic E-state index is 11.1. The average molecular weight is 414 g/mol. The molecule has 1 rings (SSSR count). The van der Waals surface area contributed by atoms with Crippen LogP contribution < -0.4 is 17.2 Å². The summed E-state index contributed by atoms with van der Waals surface area (Å²) < 4.78 is 0. The number of aliphatic hydroxyl groups is 1. The Morgan fingerprint density at radius 2 is 1.48 bits per heavy atom. The Hall–Kier alpha value is -2.63. The number of hydrogen-bond acceptors (Lipinski definition) is 8. The van der Waals surface area contributed by atoms with Crippen molar-refractivity contribution in [2.75, 3.05) is 13.1 Å². The Balaban J connectivity index is 2.80. The molecule has 1 heterocycles. The molecule has 0 radical (unpaired) electrons. The third-order valence-electron chi connectivity index (χ3n) is 4.78. The minimum absolute atomic E-state index is 0.0867. The molecule has 0 spiro atoms. The molecular weight excluding hydrogens is 384 g/mol. The standard InChI is InChI=1S/C18H30N4O7/c19-12(16(24)25)3-1-2-6-22-8-10(4-5-13(20)17(26)27)11(15(23)9-22)7-14(21)18(28)29/h9,12-14,23H,1-8,19-21H2,(H,24,25)(H,26,27)(H,28,29)/t12-,13+,14+/m1/s1. The third kappa shape index (κ3) is 8.10. The number of hydrogen-bond donors (Lipinski definition) is 7. The van der Waals surface area contributed by atoms with Crippen molar-refractivity contribution in [3.63, 3.8) is 0 Å². The van der Waals surface area contributed by atoms with E-state index in [2.05, 4.69) is 0 Å². The molecule has 0 aliphatic carbocycles. The molecule has 29 heavy (non-hydrogen) atoms. The third-order valence-corrected chi connectivity index (χ3v) is 4.78. The van der Waals surface area contributed by atoms with Crippen LogP contribution in [0.25, 0.3) is 0 Å². The van der Waals surface area contributed by atoms with E-state index in [9.17, 15) is 19.5 Å². The first-order valence-electron chi connectivity index (χ1n) is 9.34. The smallest absolute Gasteiger partial charge is 0.320 e. The highest BCUT2D eigenvalue weighted by molar-refractivity contribution is 5.74. The zero-order valence-corrected chi connectivity index (χ0v) is 16.2. The van der Waals surface area contributed by atoms with Crippen LogP contribution in [0.3, 0.4) is 0 Å². The van der Waals surface area contributed by atoms with Gasteiger partial charge in [0.2, 0.25) is 0 Å². The second-order valence-corrected chi connectivity index (χ2v) is 7.14. The van der Waals surface area contributed by atoms with Crippen molar-refractivity contribution in [2.24, 2.45) is 17.2 Å². The number of rotatable bonds is 13. The van der Waals surface area contributed by atoms with Crippen LogP contribution in [0.15, 0.2) is 23.1 Å². The van der Waals surface area contributed by atoms with E-state index in [0.717, 1.165) is 0 Å². The summed E-state index contributed by atoms with van der Waals surface area (Å²) in [6, 6.07) is -3.19. The van der Waals surface area contributed by atoms with E-state index in [1.54, 1.807) is 4.90 Å². The molecule has 0 fully saturated rings. The predicted octanol–water partition coefficient (Wildman–Crippen LogP) is -0.426. The number of nitrogens with two attached hydrogens (primary N) is 3. The average Bonchev–Trinajstić information content (AvgIpc) is 2.64. The quantitative estimate of drug-likeness (QED) is 0.192. The number of unbranched alkanes of at least 4 members (excludes halogenated alkanes) is 1. The highest BCUT2D eigenvalue weighted by Gasteiger charge is 2.25. The SMILES string of the molecule is N[C@H](CCCCN1C=C(O)C(C[C@H](N)C(=O)O)=C(CC[C@H](N)C(=O)O)C1)C(=O)O. The second kappa shape index (κ2) is 11.4. The fraction of sp³-hybridized carbons (Fsp3) is 0.611. The van der Waals surface area contributed by atoms with Crippen LogP contribution in [-0.2, 0) is 14.4 Å². The van der Waals surface area contributed by atoms with Crippen LogP contribution in [0.4, 0.5) is 0 Å². The van der Waals surface area contributed by atoms with Crippen molar-refractivity contribution in [2.45, 2.75) is 56.7 Å². The largest absolute Gasteiger partial charge is 0.506 e. The first-order valence-corrected chi connectivity index (χ1v) is 9.34. The summed E-state index contributed by atoms with van der Waals surface area (Å²) >= 11 is 0. The van der Waals surface area contributed by atoms with Crippen LogP contribution in [-0.4, -0.2) is 74.4 Å². The van der Waals surface area contributed by atoms with Crippen molar-refractivity contribution >= 4 is 17.9 Å². The normalized spacial score (nSPS) is 17.5. The van der Waals surface area contributed by atoms with Gasteiger partial charge in [-0.15, -0.1) is 0 Å². The summed E-state index contributed by atoms with van der Waals surface area (Å²) in [5.74, 6) is -3.52. The molecule has 0 aromatic carbocycles. The van der Waals surface area contributed by atoms with Crippen LogP contribution in [0.2, 0.25) is 0 Å². The highest BCUT2D eigenvalue weighted by Crippen LogP contribution is 2.28. The van der Waals surface area contributed by atoms with Crippen LogP contribution in [0.1, 0.15) is 38.5 Å². The Morgan fingerprint density at radius 1 is 0.931 bits per heavy atom. The lowest BCUT2D eigenvalue weighted by molar-refractivity contribution is -0.139. The lowest BCUT2D eigenvalue weighted by atomic mass is 9.92. The monoisotopic (exact) mass is 414 g/mol. The second-order valence-electron chi connectivity index (χ2n) is 7.14. The van der Waals surface area contributed by atoms with Gasteiger partial charge in [0, 0.05) is 25.7 Å². The van der Waals surface area contributed by atoms with Gasteiger partial charge in [-0.05, 0) is 43.3 Å². The zero-order valence-electron chi connectivity index (χ0n) is 16.2. The molecule has 1 aliphatic rings. The summed E-state index contributed by atoms with van der Waals surface area (Å²) in [4.78, 5) is 34.6. The Bertz CT molecular complexity index is 677. The molecule has 10 N–H and O–H groups in total. The van der Waals surface area contributed by atoms with Gasteiger partial charge in [-0.2, -0.15) is 0 Å². The summed E-state index contributed by atoms with van der Waals surface area (Å²) in [7, 11) is 0. The van der Waals surface area contributed by atoms with E-state index in [-0.39, 0.29) is 25.0 Å². The zero-order chi connectivity index (χ0) is 22.1. The number of allylic oxidation sites excluding steroid dienone is 1. The number of aliphatic hydroxyl groups excluding tert-OH is 1. The molecule has 3 atom stereocenters. The lowest BCUT2D eigenvalue weighted by Crippen LogP contribution is -2.34. The maximum Gasteiger partial charge on any atom is 0.320 e. The molecule has 0 bridgehead atoms. The molecule has 0 unspecified atom stereocenters. The van der Waals surface area contributed by atoms with Gasteiger partial charge in [0.25, 0.3) is 0 Å². The minimum Gasteiger partial charge on any atom is -0.506 e. The summed E-state index contributed by atoms with van der Waals surface area (Å²) in [5.41, 5.74) is 17.7. The summed E-state index contributed by atoms with van der Waals surface area (Å²) in [6.07, 6.45) is 3.35. The number of nitrogens with zero attached hydrogens (tertiary/aromatic N) is 1. The number of carboxylic acid groups (broad SMARTS) is 3. The highest BCUT2D eigenvalue weighted by atomic mass is 16.4. The van der Waals surface area contributed by atoms with Gasteiger partial charge < -0.3 is 42.5 Å². The van der Waals surface area contributed by atoms with E-state index in [0.29, 0.717) is 43.5 Å². The topological polar surface area (TPSA) is 213 Å². The number of carbonyl (C=O) groups is 3. The Kier molecular flexibility index (Phi) is 9.59. The van der Waals surface area contributed by atoms with Crippen molar-refractivity contribution in [1.82, 2.24) is 4.90 Å². The van der Waals surface area contributed by atoms with Crippen molar-refractivity contribution < 1.29 is 34.8 Å². The molecule has 164 valence electrons. The summed E-state index contributed by atoms with van der Waals surface area (Å²) in [5, 5.41) is 37.2. The fourth-order valence-electron chi connectivity index (χ4n) is 3.00. The molecule has 11 heteroatoms. The van der Waals surface area contributed by atoms with Crippen molar-refractivity contribution in [3.05, 3.63) is 23.1 Å². The fourth-order valence-corrected chi connectivity index (χ4v) is 3.00. The first-order chi connectivity index (χ1) is 13.5. The molecule has 1 aliphatic heterocycles. The maximum absolute atomic E-state index is 11.1. The summed E-state index contributed by atoms with van der Waals surface area (Å²) in [6.45, 7) is 0.881. The molecule has 0 saturated carbocycles. The van der Waals surface area contributed by atoms with E-state index in [1.165, 1.54) is 6.20 Å². The molecule has 11 nitrogen and oxygen atoms in total. The van der Waals surface area contributed by atoms with Gasteiger partial charge in [-0.1, -0.05) is 0 Å². The van der Waals surface area contributed by atoms with Gasteiger partial charge in [-0.3, -0.25) is 14.4 Å². The predicted molar refractivity (Wildman–Crippen MR) is 104 cm³/mol. The molecule has 0 amide bonds. The first kappa shape index (κ1) is 24.4.